The number of hydrogen-bond acceptors (Lipinski definition) is 1. The summed E-state index contributed by atoms with van der Waals surface area (Å²) in [6.07, 6.45) is 0. The van der Waals surface area contributed by atoms with Gasteiger partial charge in [0.2, 0.25) is 0 Å². The molecule has 3 rings (SSSR count). The highest BCUT2D eigenvalue weighted by Gasteiger charge is 2.16. The van der Waals surface area contributed by atoms with E-state index in [0.29, 0.717) is 26.4 Å². The first-order valence-electron chi connectivity index (χ1n) is 6.20. The van der Waals surface area contributed by atoms with Gasteiger partial charge in [0.1, 0.15) is 11.6 Å². The number of rotatable bonds is 2. The summed E-state index contributed by atoms with van der Waals surface area (Å²) in [6, 6.07) is 8.65. The first-order valence-corrected chi connectivity index (χ1v) is 7.90. The smallest absolute Gasteiger partial charge is 0.139 e. The van der Waals surface area contributed by atoms with E-state index in [4.69, 9.17) is 23.2 Å². The SMILES string of the molecule is Cc1ccc(Cl)cc1-n1c(CCl)nc2cc(Br)c(F)cc21. The van der Waals surface area contributed by atoms with Gasteiger partial charge in [-0.3, -0.25) is 4.57 Å². The molecule has 0 saturated carbocycles. The fourth-order valence-corrected chi connectivity index (χ4v) is 2.98. The lowest BCUT2D eigenvalue weighted by Gasteiger charge is -2.11. The van der Waals surface area contributed by atoms with Crippen molar-refractivity contribution < 1.29 is 4.39 Å². The maximum Gasteiger partial charge on any atom is 0.139 e. The van der Waals surface area contributed by atoms with E-state index in [1.165, 1.54) is 6.07 Å². The molecule has 0 unspecified atom stereocenters. The molecule has 0 atom stereocenters. The lowest BCUT2D eigenvalue weighted by Crippen LogP contribution is -2.01. The van der Waals surface area contributed by atoms with Gasteiger partial charge in [-0.2, -0.15) is 0 Å². The molecule has 1 heterocycles. The van der Waals surface area contributed by atoms with Crippen LogP contribution in [0.15, 0.2) is 34.8 Å². The van der Waals surface area contributed by atoms with Crippen LogP contribution < -0.4 is 0 Å². The standard InChI is InChI=1S/C15H10BrCl2FN2/c1-8-2-3-9(18)4-13(8)21-14-6-11(19)10(16)5-12(14)20-15(21)7-17/h2-6H,7H2,1H3. The minimum absolute atomic E-state index is 0.222. The molecule has 2 nitrogen and oxygen atoms in total. The molecule has 108 valence electrons. The lowest BCUT2D eigenvalue weighted by atomic mass is 10.2. The zero-order chi connectivity index (χ0) is 15.1. The van der Waals surface area contributed by atoms with Crippen molar-refractivity contribution >= 4 is 50.2 Å². The second kappa shape index (κ2) is 5.59. The van der Waals surface area contributed by atoms with E-state index >= 15 is 0 Å². The van der Waals surface area contributed by atoms with E-state index in [1.807, 2.05) is 29.7 Å². The highest BCUT2D eigenvalue weighted by molar-refractivity contribution is 9.10. The van der Waals surface area contributed by atoms with Crippen LogP contribution in [0.25, 0.3) is 16.7 Å². The number of aryl methyl sites for hydroxylation is 1. The molecule has 0 bridgehead atoms. The molecule has 0 fully saturated rings. The first-order chi connectivity index (χ1) is 10.0. The summed E-state index contributed by atoms with van der Waals surface area (Å²) < 4.78 is 16.1. The highest BCUT2D eigenvalue weighted by atomic mass is 79.9. The summed E-state index contributed by atoms with van der Waals surface area (Å²) in [7, 11) is 0. The minimum atomic E-state index is -0.343. The summed E-state index contributed by atoms with van der Waals surface area (Å²) in [5, 5.41) is 0.607. The summed E-state index contributed by atoms with van der Waals surface area (Å²) in [4.78, 5) is 4.47. The molecule has 0 aliphatic carbocycles. The van der Waals surface area contributed by atoms with Crippen molar-refractivity contribution in [3.8, 4) is 5.69 Å². The zero-order valence-electron chi connectivity index (χ0n) is 11.0. The van der Waals surface area contributed by atoms with Crippen molar-refractivity contribution in [1.29, 1.82) is 0 Å². The maximum absolute atomic E-state index is 13.9. The Morgan fingerprint density at radius 1 is 1.29 bits per heavy atom. The highest BCUT2D eigenvalue weighted by Crippen LogP contribution is 2.29. The van der Waals surface area contributed by atoms with Crippen molar-refractivity contribution in [2.24, 2.45) is 0 Å². The predicted octanol–water partition coefficient (Wildman–Crippen LogP) is 5.63. The Bertz CT molecular complexity index is 845. The summed E-state index contributed by atoms with van der Waals surface area (Å²) >= 11 is 15.3. The minimum Gasteiger partial charge on any atom is -0.295 e. The van der Waals surface area contributed by atoms with Gasteiger partial charge in [0.15, 0.2) is 0 Å². The second-order valence-corrected chi connectivity index (χ2v) is 6.24. The molecule has 0 saturated heterocycles. The van der Waals surface area contributed by atoms with Gasteiger partial charge in [0.05, 0.1) is 27.1 Å². The number of benzene rings is 2. The third kappa shape index (κ3) is 2.56. The van der Waals surface area contributed by atoms with Crippen molar-refractivity contribution in [2.75, 3.05) is 0 Å². The Kier molecular flexibility index (Phi) is 3.95. The van der Waals surface area contributed by atoms with Gasteiger partial charge in [-0.15, -0.1) is 11.6 Å². The average Bonchev–Trinajstić information content (AvgIpc) is 2.79. The van der Waals surface area contributed by atoms with Crippen LogP contribution in [0.4, 0.5) is 4.39 Å². The predicted molar refractivity (Wildman–Crippen MR) is 88.0 cm³/mol. The average molecular weight is 388 g/mol. The first kappa shape index (κ1) is 14.8. The van der Waals surface area contributed by atoms with Gasteiger partial charge in [0, 0.05) is 11.1 Å². The molecule has 21 heavy (non-hydrogen) atoms. The second-order valence-electron chi connectivity index (χ2n) is 4.68. The lowest BCUT2D eigenvalue weighted by molar-refractivity contribution is 0.622. The Hall–Kier alpha value is -1.10. The van der Waals surface area contributed by atoms with Gasteiger partial charge in [-0.05, 0) is 46.6 Å². The topological polar surface area (TPSA) is 17.8 Å². The van der Waals surface area contributed by atoms with Gasteiger partial charge in [-0.25, -0.2) is 9.37 Å². The van der Waals surface area contributed by atoms with Gasteiger partial charge >= 0.3 is 0 Å². The van der Waals surface area contributed by atoms with Crippen LogP contribution in [0.2, 0.25) is 5.02 Å². The van der Waals surface area contributed by atoms with E-state index in [2.05, 4.69) is 20.9 Å². The van der Waals surface area contributed by atoms with Gasteiger partial charge in [0.25, 0.3) is 0 Å². The van der Waals surface area contributed by atoms with Crippen LogP contribution in [-0.2, 0) is 5.88 Å². The maximum atomic E-state index is 13.9. The Morgan fingerprint density at radius 2 is 2.05 bits per heavy atom. The fourth-order valence-electron chi connectivity index (χ4n) is 2.30. The van der Waals surface area contributed by atoms with Crippen molar-refractivity contribution in [2.45, 2.75) is 12.8 Å². The van der Waals surface area contributed by atoms with Crippen LogP contribution in [0.1, 0.15) is 11.4 Å². The number of alkyl halides is 1. The molecule has 1 aromatic heterocycles. The summed E-state index contributed by atoms with van der Waals surface area (Å²) in [6.45, 7) is 1.96. The Labute approximate surface area is 139 Å². The Morgan fingerprint density at radius 3 is 2.76 bits per heavy atom. The molecular formula is C15H10BrCl2FN2. The van der Waals surface area contributed by atoms with Crippen molar-refractivity contribution in [1.82, 2.24) is 9.55 Å². The van der Waals surface area contributed by atoms with Gasteiger partial charge < -0.3 is 0 Å². The molecule has 0 radical (unpaired) electrons. The number of hydrogen-bond donors (Lipinski definition) is 0. The third-order valence-corrected chi connectivity index (χ3v) is 4.38. The van der Waals surface area contributed by atoms with Crippen LogP contribution in [0, 0.1) is 12.7 Å². The van der Waals surface area contributed by atoms with Crippen LogP contribution >= 0.6 is 39.1 Å². The van der Waals surface area contributed by atoms with Gasteiger partial charge in [-0.1, -0.05) is 17.7 Å². The van der Waals surface area contributed by atoms with E-state index in [1.54, 1.807) is 6.07 Å². The van der Waals surface area contributed by atoms with E-state index in [0.717, 1.165) is 11.3 Å². The number of nitrogens with zero attached hydrogens (tertiary/aromatic N) is 2. The molecule has 6 heteroatoms. The number of halogens is 4. The number of imidazole rings is 1. The Balaban J connectivity index is 2.40. The largest absolute Gasteiger partial charge is 0.295 e. The quantitative estimate of drug-likeness (QED) is 0.521. The molecule has 0 N–H and O–H groups in total. The number of aromatic nitrogens is 2. The van der Waals surface area contributed by atoms with Crippen molar-refractivity contribution in [3.05, 3.63) is 57.0 Å². The molecule has 0 aliphatic rings. The normalized spacial score (nSPS) is 11.3. The van der Waals surface area contributed by atoms with Crippen molar-refractivity contribution in [3.63, 3.8) is 0 Å². The monoisotopic (exact) mass is 386 g/mol. The van der Waals surface area contributed by atoms with E-state index < -0.39 is 0 Å². The molecule has 0 amide bonds. The molecule has 0 spiro atoms. The summed E-state index contributed by atoms with van der Waals surface area (Å²) in [5.41, 5.74) is 3.20. The molecule has 2 aromatic carbocycles. The summed E-state index contributed by atoms with van der Waals surface area (Å²) in [5.74, 6) is 0.527. The molecule has 0 aliphatic heterocycles. The van der Waals surface area contributed by atoms with Crippen LogP contribution in [-0.4, -0.2) is 9.55 Å². The van der Waals surface area contributed by atoms with Crippen LogP contribution in [0.5, 0.6) is 0 Å². The zero-order valence-corrected chi connectivity index (χ0v) is 14.1. The van der Waals surface area contributed by atoms with Crippen LogP contribution in [0.3, 0.4) is 0 Å². The molecular weight excluding hydrogens is 378 g/mol. The van der Waals surface area contributed by atoms with E-state index in [-0.39, 0.29) is 11.7 Å². The van der Waals surface area contributed by atoms with E-state index in [9.17, 15) is 4.39 Å². The third-order valence-electron chi connectivity index (χ3n) is 3.30. The molecule has 3 aromatic rings. The fraction of sp³-hybridized carbons (Fsp3) is 0.133. The number of fused-ring (bicyclic) bond motifs is 1.